The van der Waals surface area contributed by atoms with Gasteiger partial charge in [-0.15, -0.1) is 0 Å². The molecule has 142 valence electrons. The molecule has 0 spiro atoms. The van der Waals surface area contributed by atoms with Crippen LogP contribution in [0.5, 0.6) is 5.88 Å². The predicted octanol–water partition coefficient (Wildman–Crippen LogP) is 4.17. The van der Waals surface area contributed by atoms with E-state index in [-0.39, 0.29) is 11.8 Å². The van der Waals surface area contributed by atoms with Gasteiger partial charge < -0.3 is 9.67 Å². The predicted molar refractivity (Wildman–Crippen MR) is 117 cm³/mol. The quantitative estimate of drug-likeness (QED) is 0.494. The van der Waals surface area contributed by atoms with Crippen LogP contribution < -0.4 is 10.6 Å². The van der Waals surface area contributed by atoms with Gasteiger partial charge in [-0.05, 0) is 35.9 Å². The highest BCUT2D eigenvalue weighted by Gasteiger charge is 2.27. The Morgan fingerprint density at radius 1 is 1.03 bits per heavy atom. The fourth-order valence-corrected chi connectivity index (χ4v) is 4.38. The van der Waals surface area contributed by atoms with Crippen LogP contribution in [0.1, 0.15) is 11.1 Å². The number of amides is 1. The number of fused-ring (bicyclic) bond motifs is 2. The van der Waals surface area contributed by atoms with E-state index in [1.54, 1.807) is 10.6 Å². The molecule has 1 aromatic heterocycles. The van der Waals surface area contributed by atoms with Gasteiger partial charge >= 0.3 is 0 Å². The fraction of sp³-hybridized carbons (Fsp3) is 0.0435. The number of hydrogen-bond acceptors (Lipinski definition) is 2. The summed E-state index contributed by atoms with van der Waals surface area (Å²) in [5, 5.41) is 14.0. The summed E-state index contributed by atoms with van der Waals surface area (Å²) in [6, 6.07) is 20.7. The summed E-state index contributed by atoms with van der Waals surface area (Å²) in [6.07, 6.45) is 0. The first-order chi connectivity index (χ1) is 14.0. The van der Waals surface area contributed by atoms with Crippen molar-refractivity contribution in [1.29, 1.82) is 0 Å². The summed E-state index contributed by atoms with van der Waals surface area (Å²) in [5.74, 6) is -0.327. The van der Waals surface area contributed by atoms with Crippen molar-refractivity contribution in [2.75, 3.05) is 0 Å². The van der Waals surface area contributed by atoms with Crippen molar-refractivity contribution in [3.63, 3.8) is 0 Å². The largest absolute Gasteiger partial charge is 0.494 e. The molecule has 0 bridgehead atoms. The number of rotatable bonds is 3. The lowest BCUT2D eigenvalue weighted by atomic mass is 10.0. The highest BCUT2D eigenvalue weighted by molar-refractivity contribution is 9.10. The van der Waals surface area contributed by atoms with Crippen LogP contribution >= 0.6 is 27.5 Å². The highest BCUT2D eigenvalue weighted by Crippen LogP contribution is 2.37. The first-order valence-electron chi connectivity index (χ1n) is 9.01. The minimum atomic E-state index is -0.353. The molecule has 0 radical (unpaired) electrons. The molecule has 29 heavy (non-hydrogen) atoms. The van der Waals surface area contributed by atoms with Crippen LogP contribution in [0.15, 0.2) is 76.2 Å². The summed E-state index contributed by atoms with van der Waals surface area (Å²) in [6.45, 7) is 0.385. The van der Waals surface area contributed by atoms with Crippen molar-refractivity contribution in [3.8, 4) is 5.88 Å². The lowest BCUT2D eigenvalue weighted by Crippen LogP contribution is -2.23. The Labute approximate surface area is 179 Å². The molecule has 6 heteroatoms. The average Bonchev–Trinajstić information content (AvgIpc) is 3.17. The monoisotopic (exact) mass is 464 g/mol. The Kier molecular flexibility index (Phi) is 4.30. The number of hydrogen-bond donors (Lipinski definition) is 1. The van der Waals surface area contributed by atoms with Crippen LogP contribution in [-0.4, -0.2) is 15.6 Å². The van der Waals surface area contributed by atoms with Crippen molar-refractivity contribution in [3.05, 3.63) is 97.9 Å². The number of nitrogens with zero attached hydrogens (tertiary/aromatic N) is 2. The van der Waals surface area contributed by atoms with Gasteiger partial charge in [0.05, 0.1) is 28.6 Å². The molecule has 2 heterocycles. The van der Waals surface area contributed by atoms with Crippen LogP contribution in [0, 0.1) is 0 Å². The third-order valence-corrected chi connectivity index (χ3v) is 6.01. The molecular weight excluding hydrogens is 452 g/mol. The molecule has 0 aliphatic carbocycles. The standard InChI is InChI=1S/C23H14BrClN2O2/c24-14-9-10-18-16(11-14)20(22(28)26-18)21-15-6-2-4-8-19(15)27(23(21)29)12-13-5-1-3-7-17(13)25/h1-11,29H,12H2. The van der Waals surface area contributed by atoms with Crippen molar-refractivity contribution < 1.29 is 9.90 Å². The Hall–Kier alpha value is -2.89. The molecule has 3 aromatic carbocycles. The number of halogens is 2. The van der Waals surface area contributed by atoms with Crippen molar-refractivity contribution in [2.24, 2.45) is 4.99 Å². The Morgan fingerprint density at radius 2 is 1.79 bits per heavy atom. The maximum absolute atomic E-state index is 12.8. The summed E-state index contributed by atoms with van der Waals surface area (Å²) < 4.78 is 2.63. The minimum absolute atomic E-state index is 0.0255. The Morgan fingerprint density at radius 3 is 2.62 bits per heavy atom. The van der Waals surface area contributed by atoms with E-state index in [1.165, 1.54) is 0 Å². The second-order valence-corrected chi connectivity index (χ2v) is 8.17. The van der Waals surface area contributed by atoms with E-state index in [4.69, 9.17) is 11.6 Å². The van der Waals surface area contributed by atoms with Crippen LogP contribution in [0.3, 0.4) is 0 Å². The van der Waals surface area contributed by atoms with Gasteiger partial charge in [-0.2, -0.15) is 0 Å². The normalized spacial score (nSPS) is 13.0. The van der Waals surface area contributed by atoms with Gasteiger partial charge in [-0.1, -0.05) is 63.9 Å². The van der Waals surface area contributed by atoms with Crippen LogP contribution in [0.25, 0.3) is 16.5 Å². The molecule has 1 aliphatic rings. The first kappa shape index (κ1) is 18.2. The maximum atomic E-state index is 12.8. The van der Waals surface area contributed by atoms with E-state index in [2.05, 4.69) is 20.9 Å². The highest BCUT2D eigenvalue weighted by atomic mass is 79.9. The first-order valence-corrected chi connectivity index (χ1v) is 10.2. The number of aromatic hydroxyl groups is 1. The van der Waals surface area contributed by atoms with Gasteiger partial charge in [0.25, 0.3) is 5.91 Å². The van der Waals surface area contributed by atoms with Gasteiger partial charge in [0.1, 0.15) is 0 Å². The third kappa shape index (κ3) is 2.89. The van der Waals surface area contributed by atoms with Crippen LogP contribution in [-0.2, 0) is 11.3 Å². The molecule has 4 aromatic rings. The molecule has 0 saturated carbocycles. The van der Waals surface area contributed by atoms with Crippen LogP contribution in [0.2, 0.25) is 5.02 Å². The molecule has 0 saturated heterocycles. The summed E-state index contributed by atoms with van der Waals surface area (Å²) >= 11 is 9.81. The lowest BCUT2D eigenvalue weighted by Gasteiger charge is -2.09. The number of benzene rings is 3. The second-order valence-electron chi connectivity index (χ2n) is 6.85. The molecule has 5 rings (SSSR count). The number of carbonyl (C=O) groups is 1. The van der Waals surface area contributed by atoms with Crippen molar-refractivity contribution in [1.82, 2.24) is 4.57 Å². The van der Waals surface area contributed by atoms with Gasteiger partial charge in [0.2, 0.25) is 5.88 Å². The van der Waals surface area contributed by atoms with E-state index in [0.717, 1.165) is 20.9 Å². The molecule has 0 atom stereocenters. The second kappa shape index (κ2) is 6.87. The zero-order chi connectivity index (χ0) is 20.1. The van der Waals surface area contributed by atoms with Gasteiger partial charge in [-0.25, -0.2) is 4.99 Å². The Bertz CT molecular complexity index is 1440. The zero-order valence-corrected chi connectivity index (χ0v) is 17.4. The Balaban J connectivity index is 1.82. The molecule has 1 N–H and O–H groups in total. The summed E-state index contributed by atoms with van der Waals surface area (Å²) in [7, 11) is 0. The van der Waals surface area contributed by atoms with E-state index < -0.39 is 0 Å². The molecular formula is C23H14BrClN2O2. The number of para-hydroxylation sites is 1. The summed E-state index contributed by atoms with van der Waals surface area (Å²) in [5.41, 5.74) is 2.61. The molecule has 0 unspecified atom stereocenters. The summed E-state index contributed by atoms with van der Waals surface area (Å²) in [4.78, 5) is 17.0. The smallest absolute Gasteiger partial charge is 0.279 e. The van der Waals surface area contributed by atoms with Gasteiger partial charge in [0, 0.05) is 20.1 Å². The lowest BCUT2D eigenvalue weighted by molar-refractivity contribution is -0.112. The number of carbonyl (C=O) groups excluding carboxylic acids is 1. The molecule has 4 nitrogen and oxygen atoms in total. The van der Waals surface area contributed by atoms with E-state index in [1.807, 2.05) is 60.7 Å². The molecule has 1 amide bonds. The van der Waals surface area contributed by atoms with Gasteiger partial charge in [-0.3, -0.25) is 4.79 Å². The zero-order valence-electron chi connectivity index (χ0n) is 15.1. The van der Waals surface area contributed by atoms with E-state index in [0.29, 0.717) is 33.3 Å². The topological polar surface area (TPSA) is 54.6 Å². The SMILES string of the molecule is O=C1N=c2ccc(Br)cc2=C1c1c(O)n(Cc2ccccc2Cl)c2ccccc12. The van der Waals surface area contributed by atoms with E-state index in [9.17, 15) is 9.90 Å². The number of aromatic nitrogens is 1. The van der Waals surface area contributed by atoms with Crippen molar-refractivity contribution in [2.45, 2.75) is 6.54 Å². The van der Waals surface area contributed by atoms with Gasteiger partial charge in [0.15, 0.2) is 0 Å². The average molecular weight is 466 g/mol. The maximum Gasteiger partial charge on any atom is 0.279 e. The molecule has 0 fully saturated rings. The third-order valence-electron chi connectivity index (χ3n) is 5.14. The van der Waals surface area contributed by atoms with Crippen molar-refractivity contribution >= 4 is 49.9 Å². The fourth-order valence-electron chi connectivity index (χ4n) is 3.82. The minimum Gasteiger partial charge on any atom is -0.494 e. The van der Waals surface area contributed by atoms with Crippen LogP contribution in [0.4, 0.5) is 0 Å². The molecule has 1 aliphatic heterocycles. The van der Waals surface area contributed by atoms with E-state index >= 15 is 0 Å².